The number of aliphatic hydroxyl groups is 1. The second-order valence-electron chi connectivity index (χ2n) is 8.45. The van der Waals surface area contributed by atoms with E-state index in [0.717, 1.165) is 45.4 Å². The van der Waals surface area contributed by atoms with Gasteiger partial charge in [0.1, 0.15) is 5.75 Å². The van der Waals surface area contributed by atoms with Gasteiger partial charge in [-0.1, -0.05) is 6.42 Å². The first-order valence-corrected chi connectivity index (χ1v) is 10.5. The van der Waals surface area contributed by atoms with E-state index in [9.17, 15) is 9.90 Å². The van der Waals surface area contributed by atoms with Crippen LogP contribution in [0.4, 0.5) is 0 Å². The molecule has 2 aliphatic heterocycles. The van der Waals surface area contributed by atoms with Crippen molar-refractivity contribution < 1.29 is 14.6 Å². The number of carbonyl (C=O) groups is 1. The zero-order valence-electron chi connectivity index (χ0n) is 16.5. The first kappa shape index (κ1) is 18.8. The number of carbonyl (C=O) groups excluding carboxylic acids is 1. The minimum Gasteiger partial charge on any atom is -0.496 e. The molecule has 148 valence electrons. The Morgan fingerprint density at radius 2 is 1.78 bits per heavy atom. The number of methoxy groups -OCH3 is 1. The van der Waals surface area contributed by atoms with Crippen LogP contribution in [-0.2, 0) is 12.8 Å². The van der Waals surface area contributed by atoms with Crippen LogP contribution in [0, 0.1) is 11.8 Å². The van der Waals surface area contributed by atoms with Crippen LogP contribution >= 0.6 is 0 Å². The summed E-state index contributed by atoms with van der Waals surface area (Å²) in [7, 11) is 1.65. The van der Waals surface area contributed by atoms with Crippen LogP contribution in [0.2, 0.25) is 0 Å². The van der Waals surface area contributed by atoms with E-state index in [1.807, 2.05) is 4.90 Å². The molecule has 2 fully saturated rings. The molecule has 0 radical (unpaired) electrons. The fourth-order valence-electron chi connectivity index (χ4n) is 5.10. The van der Waals surface area contributed by atoms with Gasteiger partial charge in [0.05, 0.1) is 12.7 Å². The number of benzene rings is 1. The Balaban J connectivity index is 1.49. The van der Waals surface area contributed by atoms with Gasteiger partial charge in [-0.2, -0.15) is 0 Å². The Bertz CT molecular complexity index is 684. The lowest BCUT2D eigenvalue weighted by Gasteiger charge is -2.30. The van der Waals surface area contributed by atoms with Gasteiger partial charge < -0.3 is 19.6 Å². The molecule has 1 amide bonds. The molecule has 27 heavy (non-hydrogen) atoms. The van der Waals surface area contributed by atoms with Gasteiger partial charge in [0.15, 0.2) is 0 Å². The van der Waals surface area contributed by atoms with Gasteiger partial charge in [-0.3, -0.25) is 4.79 Å². The number of ether oxygens (including phenoxy) is 1. The van der Waals surface area contributed by atoms with Crippen molar-refractivity contribution in [2.75, 3.05) is 46.4 Å². The van der Waals surface area contributed by atoms with Crippen LogP contribution in [0.15, 0.2) is 12.1 Å². The third-order valence-electron chi connectivity index (χ3n) is 6.68. The standard InChI is InChI=1S/C22H32N2O3/c1-27-21-11-17-7-5-6-16(17)10-20(21)22(26)24-13-18(19(14-24)15-25)12-23-8-3-2-4-9-23/h10-11,18-19,25H,2-9,12-15H2,1H3/t18-,19-/m1/s1. The maximum atomic E-state index is 13.3. The smallest absolute Gasteiger partial charge is 0.257 e. The van der Waals surface area contributed by atoms with Gasteiger partial charge in [-0.15, -0.1) is 0 Å². The van der Waals surface area contributed by atoms with Crippen LogP contribution < -0.4 is 4.74 Å². The summed E-state index contributed by atoms with van der Waals surface area (Å²) in [6, 6.07) is 4.11. The molecule has 0 saturated carbocycles. The molecule has 0 aromatic heterocycles. The number of aryl methyl sites for hydroxylation is 2. The molecule has 4 rings (SSSR count). The van der Waals surface area contributed by atoms with E-state index in [-0.39, 0.29) is 18.4 Å². The molecular formula is C22H32N2O3. The molecule has 0 unspecified atom stereocenters. The minimum absolute atomic E-state index is 0.0566. The van der Waals surface area contributed by atoms with Gasteiger partial charge in [-0.05, 0) is 74.4 Å². The number of amides is 1. The maximum absolute atomic E-state index is 13.3. The van der Waals surface area contributed by atoms with Crippen LogP contribution in [0.25, 0.3) is 0 Å². The third kappa shape index (κ3) is 3.85. The summed E-state index contributed by atoms with van der Waals surface area (Å²) in [5.74, 6) is 1.29. The molecule has 3 aliphatic rings. The molecule has 1 aromatic carbocycles. The predicted molar refractivity (Wildman–Crippen MR) is 105 cm³/mol. The first-order valence-electron chi connectivity index (χ1n) is 10.5. The molecule has 2 atom stereocenters. The number of hydrogen-bond donors (Lipinski definition) is 1. The average Bonchev–Trinajstić information content (AvgIpc) is 3.33. The Labute approximate surface area is 162 Å². The molecule has 1 aliphatic carbocycles. The second-order valence-corrected chi connectivity index (χ2v) is 8.45. The summed E-state index contributed by atoms with van der Waals surface area (Å²) in [6.45, 7) is 4.84. The highest BCUT2D eigenvalue weighted by Gasteiger charge is 2.37. The third-order valence-corrected chi connectivity index (χ3v) is 6.68. The summed E-state index contributed by atoms with van der Waals surface area (Å²) in [4.78, 5) is 17.7. The van der Waals surface area contributed by atoms with E-state index in [1.165, 1.54) is 30.4 Å². The Hall–Kier alpha value is -1.59. The quantitative estimate of drug-likeness (QED) is 0.862. The van der Waals surface area contributed by atoms with E-state index >= 15 is 0 Å². The van der Waals surface area contributed by atoms with Crippen molar-refractivity contribution in [3.63, 3.8) is 0 Å². The lowest BCUT2D eigenvalue weighted by Crippen LogP contribution is -2.37. The molecule has 1 N–H and O–H groups in total. The Morgan fingerprint density at radius 3 is 2.48 bits per heavy atom. The highest BCUT2D eigenvalue weighted by Crippen LogP contribution is 2.33. The maximum Gasteiger partial charge on any atom is 0.257 e. The summed E-state index contributed by atoms with van der Waals surface area (Å²) in [5, 5.41) is 9.88. The number of fused-ring (bicyclic) bond motifs is 1. The minimum atomic E-state index is 0.0566. The second kappa shape index (κ2) is 8.19. The van der Waals surface area contributed by atoms with E-state index in [1.54, 1.807) is 7.11 Å². The van der Waals surface area contributed by atoms with Crippen molar-refractivity contribution >= 4 is 5.91 Å². The van der Waals surface area contributed by atoms with Gasteiger partial charge in [0.25, 0.3) is 5.91 Å². The zero-order valence-corrected chi connectivity index (χ0v) is 16.5. The van der Waals surface area contributed by atoms with E-state index in [0.29, 0.717) is 23.8 Å². The van der Waals surface area contributed by atoms with Gasteiger partial charge >= 0.3 is 0 Å². The normalized spacial score (nSPS) is 25.6. The lowest BCUT2D eigenvalue weighted by molar-refractivity contribution is 0.0775. The SMILES string of the molecule is COc1cc2c(cc1C(=O)N1C[C@@H](CN3CCCCC3)[C@@H](CO)C1)CCC2. The number of hydrogen-bond acceptors (Lipinski definition) is 4. The van der Waals surface area contributed by atoms with Crippen molar-refractivity contribution in [3.8, 4) is 5.75 Å². The van der Waals surface area contributed by atoms with E-state index in [2.05, 4.69) is 17.0 Å². The van der Waals surface area contributed by atoms with Gasteiger partial charge in [-0.25, -0.2) is 0 Å². The van der Waals surface area contributed by atoms with Crippen molar-refractivity contribution in [2.24, 2.45) is 11.8 Å². The van der Waals surface area contributed by atoms with Crippen molar-refractivity contribution in [2.45, 2.75) is 38.5 Å². The number of rotatable bonds is 5. The van der Waals surface area contributed by atoms with Gasteiger partial charge in [0.2, 0.25) is 0 Å². The fraction of sp³-hybridized carbons (Fsp3) is 0.682. The molecule has 2 heterocycles. The molecule has 0 bridgehead atoms. The average molecular weight is 373 g/mol. The molecule has 5 nitrogen and oxygen atoms in total. The van der Waals surface area contributed by atoms with Crippen LogP contribution in [-0.4, -0.2) is 67.3 Å². The summed E-state index contributed by atoms with van der Waals surface area (Å²) >= 11 is 0. The highest BCUT2D eigenvalue weighted by atomic mass is 16.5. The fourth-order valence-corrected chi connectivity index (χ4v) is 5.10. The first-order chi connectivity index (χ1) is 13.2. The van der Waals surface area contributed by atoms with Crippen LogP contribution in [0.1, 0.15) is 47.2 Å². The number of likely N-dealkylation sites (tertiary alicyclic amines) is 2. The van der Waals surface area contributed by atoms with Crippen molar-refractivity contribution in [3.05, 3.63) is 28.8 Å². The predicted octanol–water partition coefficient (Wildman–Crippen LogP) is 2.35. The van der Waals surface area contributed by atoms with E-state index < -0.39 is 0 Å². The molecule has 1 aromatic rings. The largest absolute Gasteiger partial charge is 0.496 e. The zero-order chi connectivity index (χ0) is 18.8. The monoisotopic (exact) mass is 372 g/mol. The highest BCUT2D eigenvalue weighted by molar-refractivity contribution is 5.97. The Kier molecular flexibility index (Phi) is 5.69. The van der Waals surface area contributed by atoms with Crippen LogP contribution in [0.3, 0.4) is 0 Å². The van der Waals surface area contributed by atoms with Crippen LogP contribution in [0.5, 0.6) is 5.75 Å². The van der Waals surface area contributed by atoms with Crippen molar-refractivity contribution in [1.29, 1.82) is 0 Å². The van der Waals surface area contributed by atoms with Gasteiger partial charge in [0, 0.05) is 32.2 Å². The van der Waals surface area contributed by atoms with Crippen molar-refractivity contribution in [1.82, 2.24) is 9.80 Å². The Morgan fingerprint density at radius 1 is 1.07 bits per heavy atom. The summed E-state index contributed by atoms with van der Waals surface area (Å²) < 4.78 is 5.55. The lowest BCUT2D eigenvalue weighted by atomic mass is 9.95. The molecule has 2 saturated heterocycles. The number of piperidine rings is 1. The van der Waals surface area contributed by atoms with E-state index in [4.69, 9.17) is 4.74 Å². The molecular weight excluding hydrogens is 340 g/mol. The number of aliphatic hydroxyl groups excluding tert-OH is 1. The molecule has 0 spiro atoms. The topological polar surface area (TPSA) is 53.0 Å². The number of nitrogens with zero attached hydrogens (tertiary/aromatic N) is 2. The summed E-state index contributed by atoms with van der Waals surface area (Å²) in [5.41, 5.74) is 3.30. The summed E-state index contributed by atoms with van der Waals surface area (Å²) in [6.07, 6.45) is 7.15. The molecule has 5 heteroatoms.